The maximum Gasteiger partial charge on any atom is 0.0984 e. The first kappa shape index (κ1) is 16.1. The first-order chi connectivity index (χ1) is 11.6. The molecule has 128 valence electrons. The Labute approximate surface area is 148 Å². The van der Waals surface area contributed by atoms with E-state index in [0.29, 0.717) is 5.92 Å². The SMILES string of the molecule is CC1CN(Cc2cnn(C)c2)CCC12OCCc1ccc(Cl)cc12. The first-order valence-corrected chi connectivity index (χ1v) is 9.07. The molecular weight excluding hydrogens is 322 g/mol. The monoisotopic (exact) mass is 345 g/mol. The van der Waals surface area contributed by atoms with E-state index in [4.69, 9.17) is 16.3 Å². The number of benzene rings is 1. The molecule has 0 radical (unpaired) electrons. The summed E-state index contributed by atoms with van der Waals surface area (Å²) in [6.07, 6.45) is 6.06. The summed E-state index contributed by atoms with van der Waals surface area (Å²) in [4.78, 5) is 2.51. The first-order valence-electron chi connectivity index (χ1n) is 8.69. The van der Waals surface area contributed by atoms with Gasteiger partial charge in [-0.2, -0.15) is 5.10 Å². The average Bonchev–Trinajstić information content (AvgIpc) is 2.96. The van der Waals surface area contributed by atoms with Crippen molar-refractivity contribution in [2.45, 2.75) is 31.9 Å². The fourth-order valence-corrected chi connectivity index (χ4v) is 4.52. The molecule has 1 fully saturated rings. The highest BCUT2D eigenvalue weighted by molar-refractivity contribution is 6.30. The maximum atomic E-state index is 6.40. The highest BCUT2D eigenvalue weighted by atomic mass is 35.5. The van der Waals surface area contributed by atoms with Crippen LogP contribution in [0.4, 0.5) is 0 Å². The molecule has 2 aliphatic rings. The van der Waals surface area contributed by atoms with Crippen LogP contribution < -0.4 is 0 Å². The zero-order valence-electron chi connectivity index (χ0n) is 14.3. The second-order valence-electron chi connectivity index (χ2n) is 7.20. The Balaban J connectivity index is 1.56. The van der Waals surface area contributed by atoms with Crippen LogP contribution in [0.15, 0.2) is 30.6 Å². The number of piperidine rings is 1. The molecule has 0 saturated carbocycles. The normalized spacial score (nSPS) is 27.4. The minimum Gasteiger partial charge on any atom is -0.370 e. The minimum absolute atomic E-state index is 0.177. The standard InChI is InChI=1S/C19H24ClN3O/c1-14-11-23(13-15-10-21-22(2)12-15)7-6-19(14)18-9-17(20)4-3-16(18)5-8-24-19/h3-4,9-10,12,14H,5-8,11,13H2,1-2H3. The molecule has 1 saturated heterocycles. The van der Waals surface area contributed by atoms with Crippen molar-refractivity contribution in [1.29, 1.82) is 0 Å². The summed E-state index contributed by atoms with van der Waals surface area (Å²) in [5, 5.41) is 5.08. The fraction of sp³-hybridized carbons (Fsp3) is 0.526. The molecule has 4 rings (SSSR count). The van der Waals surface area contributed by atoms with Crippen molar-refractivity contribution >= 4 is 11.6 Å². The molecule has 2 aromatic rings. The van der Waals surface area contributed by atoms with Gasteiger partial charge in [0.25, 0.3) is 0 Å². The summed E-state index contributed by atoms with van der Waals surface area (Å²) in [6, 6.07) is 6.31. The Morgan fingerprint density at radius 3 is 3.04 bits per heavy atom. The summed E-state index contributed by atoms with van der Waals surface area (Å²) >= 11 is 6.29. The summed E-state index contributed by atoms with van der Waals surface area (Å²) in [5.74, 6) is 0.431. The van der Waals surface area contributed by atoms with Gasteiger partial charge in [0.15, 0.2) is 0 Å². The zero-order valence-corrected chi connectivity index (χ0v) is 15.1. The number of aromatic nitrogens is 2. The Hall–Kier alpha value is -1.36. The van der Waals surface area contributed by atoms with Gasteiger partial charge < -0.3 is 4.74 Å². The van der Waals surface area contributed by atoms with E-state index in [0.717, 1.165) is 44.1 Å². The van der Waals surface area contributed by atoms with E-state index in [1.807, 2.05) is 24.0 Å². The molecule has 1 aromatic heterocycles. The smallest absolute Gasteiger partial charge is 0.0984 e. The van der Waals surface area contributed by atoms with Gasteiger partial charge in [0.1, 0.15) is 0 Å². The predicted molar refractivity (Wildman–Crippen MR) is 95.1 cm³/mol. The third kappa shape index (κ3) is 2.77. The van der Waals surface area contributed by atoms with Gasteiger partial charge in [-0.15, -0.1) is 0 Å². The second-order valence-corrected chi connectivity index (χ2v) is 7.63. The molecular formula is C19H24ClN3O. The van der Waals surface area contributed by atoms with Gasteiger partial charge in [-0.3, -0.25) is 9.58 Å². The van der Waals surface area contributed by atoms with Gasteiger partial charge in [-0.05, 0) is 36.1 Å². The summed E-state index contributed by atoms with van der Waals surface area (Å²) in [6.45, 7) is 6.13. The Bertz CT molecular complexity index is 744. The van der Waals surface area contributed by atoms with Crippen molar-refractivity contribution < 1.29 is 4.74 Å². The lowest BCUT2D eigenvalue weighted by Crippen LogP contribution is -2.52. The predicted octanol–water partition coefficient (Wildman–Crippen LogP) is 3.38. The lowest BCUT2D eigenvalue weighted by Gasteiger charge is -2.49. The van der Waals surface area contributed by atoms with Crippen molar-refractivity contribution in [2.24, 2.45) is 13.0 Å². The molecule has 24 heavy (non-hydrogen) atoms. The summed E-state index contributed by atoms with van der Waals surface area (Å²) in [7, 11) is 1.97. The van der Waals surface area contributed by atoms with Crippen molar-refractivity contribution in [3.63, 3.8) is 0 Å². The van der Waals surface area contributed by atoms with Crippen LogP contribution in [0.25, 0.3) is 0 Å². The van der Waals surface area contributed by atoms with Gasteiger partial charge in [-0.1, -0.05) is 24.6 Å². The molecule has 5 heteroatoms. The fourth-order valence-electron chi connectivity index (χ4n) is 4.35. The highest BCUT2D eigenvalue weighted by Gasteiger charge is 2.45. The van der Waals surface area contributed by atoms with Crippen LogP contribution in [0.2, 0.25) is 5.02 Å². The number of fused-ring (bicyclic) bond motifs is 2. The van der Waals surface area contributed by atoms with Gasteiger partial charge in [0.2, 0.25) is 0 Å². The number of hydrogen-bond acceptors (Lipinski definition) is 3. The van der Waals surface area contributed by atoms with E-state index >= 15 is 0 Å². The van der Waals surface area contributed by atoms with Crippen molar-refractivity contribution in [3.05, 3.63) is 52.3 Å². The quantitative estimate of drug-likeness (QED) is 0.835. The zero-order chi connectivity index (χ0) is 16.7. The van der Waals surface area contributed by atoms with Crippen LogP contribution in [0.3, 0.4) is 0 Å². The molecule has 2 atom stereocenters. The van der Waals surface area contributed by atoms with E-state index in [2.05, 4.69) is 35.3 Å². The van der Waals surface area contributed by atoms with Gasteiger partial charge in [0, 0.05) is 49.4 Å². The van der Waals surface area contributed by atoms with Crippen molar-refractivity contribution in [2.75, 3.05) is 19.7 Å². The van der Waals surface area contributed by atoms with Crippen molar-refractivity contribution in [1.82, 2.24) is 14.7 Å². The minimum atomic E-state index is -0.177. The third-order valence-electron chi connectivity index (χ3n) is 5.55. The summed E-state index contributed by atoms with van der Waals surface area (Å²) < 4.78 is 8.27. The Kier molecular flexibility index (Phi) is 4.15. The second kappa shape index (κ2) is 6.17. The average molecular weight is 346 g/mol. The molecule has 2 aliphatic heterocycles. The number of hydrogen-bond donors (Lipinski definition) is 0. The molecule has 4 nitrogen and oxygen atoms in total. The van der Waals surface area contributed by atoms with E-state index in [9.17, 15) is 0 Å². The maximum absolute atomic E-state index is 6.40. The van der Waals surface area contributed by atoms with Crippen LogP contribution in [0.5, 0.6) is 0 Å². The number of aryl methyl sites for hydroxylation is 1. The number of rotatable bonds is 2. The van der Waals surface area contributed by atoms with Crippen LogP contribution >= 0.6 is 11.6 Å². The third-order valence-corrected chi connectivity index (χ3v) is 5.79. The van der Waals surface area contributed by atoms with Crippen LogP contribution in [-0.4, -0.2) is 34.4 Å². The summed E-state index contributed by atoms with van der Waals surface area (Å²) in [5.41, 5.74) is 3.81. The lowest BCUT2D eigenvalue weighted by atomic mass is 9.73. The molecule has 0 bridgehead atoms. The van der Waals surface area contributed by atoms with E-state index in [-0.39, 0.29) is 5.60 Å². The topological polar surface area (TPSA) is 30.3 Å². The van der Waals surface area contributed by atoms with Crippen LogP contribution in [0.1, 0.15) is 30.0 Å². The van der Waals surface area contributed by atoms with Gasteiger partial charge in [0.05, 0.1) is 18.4 Å². The molecule has 1 aromatic carbocycles. The number of ether oxygens (including phenoxy) is 1. The van der Waals surface area contributed by atoms with E-state index in [1.54, 1.807) is 0 Å². The van der Waals surface area contributed by atoms with E-state index < -0.39 is 0 Å². The molecule has 0 aliphatic carbocycles. The molecule has 0 N–H and O–H groups in total. The Morgan fingerprint density at radius 2 is 2.29 bits per heavy atom. The lowest BCUT2D eigenvalue weighted by molar-refractivity contribution is -0.133. The van der Waals surface area contributed by atoms with Gasteiger partial charge >= 0.3 is 0 Å². The number of likely N-dealkylation sites (tertiary alicyclic amines) is 1. The number of halogens is 1. The van der Waals surface area contributed by atoms with Gasteiger partial charge in [-0.25, -0.2) is 0 Å². The largest absolute Gasteiger partial charge is 0.370 e. The van der Waals surface area contributed by atoms with Crippen LogP contribution in [0, 0.1) is 5.92 Å². The molecule has 0 amide bonds. The van der Waals surface area contributed by atoms with Crippen LogP contribution in [-0.2, 0) is 30.4 Å². The molecule has 1 spiro atoms. The highest BCUT2D eigenvalue weighted by Crippen LogP contribution is 2.45. The molecule has 2 unspecified atom stereocenters. The van der Waals surface area contributed by atoms with Crippen molar-refractivity contribution in [3.8, 4) is 0 Å². The number of nitrogens with zero attached hydrogens (tertiary/aromatic N) is 3. The molecule has 3 heterocycles. The van der Waals surface area contributed by atoms with E-state index in [1.165, 1.54) is 16.7 Å². The Morgan fingerprint density at radius 1 is 1.42 bits per heavy atom.